The third-order valence-corrected chi connectivity index (χ3v) is 6.13. The molecular weight excluding hydrogens is 504 g/mol. The van der Waals surface area contributed by atoms with E-state index in [2.05, 4.69) is 5.32 Å². The molecule has 0 radical (unpaired) electrons. The molecule has 1 heterocycles. The lowest BCUT2D eigenvalue weighted by Gasteiger charge is -2.29. The number of nitrogens with one attached hydrogen (secondary N) is 1. The van der Waals surface area contributed by atoms with Crippen molar-refractivity contribution in [3.63, 3.8) is 0 Å². The molecule has 1 N–H and O–H groups in total. The summed E-state index contributed by atoms with van der Waals surface area (Å²) in [5.74, 6) is 1.26. The molecule has 0 bridgehead atoms. The van der Waals surface area contributed by atoms with Crippen molar-refractivity contribution >= 4 is 40.9 Å². The van der Waals surface area contributed by atoms with Gasteiger partial charge in [0.25, 0.3) is 11.8 Å². The number of anilines is 1. The van der Waals surface area contributed by atoms with Gasteiger partial charge in [-0.15, -0.1) is 0 Å². The summed E-state index contributed by atoms with van der Waals surface area (Å²) in [5.41, 5.74) is 2.96. The number of ether oxygens (including phenoxy) is 4. The highest BCUT2D eigenvalue weighted by Gasteiger charge is 2.34. The van der Waals surface area contributed by atoms with Crippen molar-refractivity contribution in [2.24, 2.45) is 0 Å². The summed E-state index contributed by atoms with van der Waals surface area (Å²) in [6.07, 6.45) is 1.51. The number of aryl methyl sites for hydroxylation is 1. The highest BCUT2D eigenvalue weighted by Crippen LogP contribution is 2.32. The molecule has 0 aromatic heterocycles. The second-order valence-corrected chi connectivity index (χ2v) is 8.79. The minimum atomic E-state index is -0.563. The van der Waals surface area contributed by atoms with E-state index in [4.69, 9.17) is 31.2 Å². The number of benzene rings is 3. The van der Waals surface area contributed by atoms with Crippen LogP contribution in [0.4, 0.5) is 5.69 Å². The van der Waals surface area contributed by atoms with Crippen molar-refractivity contribution in [3.8, 4) is 23.0 Å². The lowest BCUT2D eigenvalue weighted by Crippen LogP contribution is -2.54. The number of methoxy groups -OCH3 is 2. The van der Waals surface area contributed by atoms with Crippen LogP contribution in [0.3, 0.4) is 0 Å². The van der Waals surface area contributed by atoms with Gasteiger partial charge in [-0.05, 0) is 80.2 Å². The second-order valence-electron chi connectivity index (χ2n) is 8.40. The molecular formula is C29H28N2O6S. The molecule has 1 aliphatic heterocycles. The maximum atomic E-state index is 13.3. The van der Waals surface area contributed by atoms with Crippen molar-refractivity contribution in [1.29, 1.82) is 0 Å². The highest BCUT2D eigenvalue weighted by atomic mass is 32.1. The molecule has 1 fully saturated rings. The minimum absolute atomic E-state index is 0.0349. The molecule has 3 aromatic carbocycles. The van der Waals surface area contributed by atoms with E-state index in [-0.39, 0.29) is 17.3 Å². The van der Waals surface area contributed by atoms with E-state index in [9.17, 15) is 9.59 Å². The van der Waals surface area contributed by atoms with Gasteiger partial charge in [0.05, 0.1) is 26.5 Å². The quantitative estimate of drug-likeness (QED) is 0.240. The normalized spacial score (nSPS) is 14.4. The molecule has 0 atom stereocenters. The zero-order valence-electron chi connectivity index (χ0n) is 21.6. The SMILES string of the molecule is CCOc1cc(/C=C2\C(=O)NC(=S)N(c3ccc(C)cc3)C2=O)ccc1OCc1cc(OC)ccc1OC. The Bertz CT molecular complexity index is 1400. The number of carbonyl (C=O) groups excluding carboxylic acids is 2. The predicted octanol–water partition coefficient (Wildman–Crippen LogP) is 4.82. The van der Waals surface area contributed by atoms with Gasteiger partial charge in [-0.2, -0.15) is 0 Å². The van der Waals surface area contributed by atoms with E-state index in [0.29, 0.717) is 40.9 Å². The lowest BCUT2D eigenvalue weighted by atomic mass is 10.1. The van der Waals surface area contributed by atoms with Gasteiger partial charge in [-0.1, -0.05) is 23.8 Å². The first-order chi connectivity index (χ1) is 18.3. The van der Waals surface area contributed by atoms with E-state index in [0.717, 1.165) is 11.1 Å². The van der Waals surface area contributed by atoms with Crippen LogP contribution in [-0.2, 0) is 16.2 Å². The number of rotatable bonds is 9. The predicted molar refractivity (Wildman–Crippen MR) is 149 cm³/mol. The summed E-state index contributed by atoms with van der Waals surface area (Å²) in [6, 6.07) is 18.0. The van der Waals surface area contributed by atoms with Crippen molar-refractivity contribution in [2.45, 2.75) is 20.5 Å². The van der Waals surface area contributed by atoms with E-state index in [1.807, 2.05) is 44.2 Å². The summed E-state index contributed by atoms with van der Waals surface area (Å²) >= 11 is 5.28. The molecule has 1 aliphatic rings. The molecule has 3 aromatic rings. The fourth-order valence-electron chi connectivity index (χ4n) is 3.90. The average Bonchev–Trinajstić information content (AvgIpc) is 2.91. The molecule has 196 valence electrons. The molecule has 0 unspecified atom stereocenters. The first kappa shape index (κ1) is 26.7. The van der Waals surface area contributed by atoms with Crippen LogP contribution in [0.2, 0.25) is 0 Å². The molecule has 0 saturated carbocycles. The Balaban J connectivity index is 1.61. The van der Waals surface area contributed by atoms with Gasteiger partial charge in [0.1, 0.15) is 23.7 Å². The van der Waals surface area contributed by atoms with Crippen LogP contribution in [0.5, 0.6) is 23.0 Å². The van der Waals surface area contributed by atoms with Crippen molar-refractivity contribution in [2.75, 3.05) is 25.7 Å². The van der Waals surface area contributed by atoms with Gasteiger partial charge in [0.15, 0.2) is 16.6 Å². The Morgan fingerprint density at radius 2 is 1.63 bits per heavy atom. The van der Waals surface area contributed by atoms with Gasteiger partial charge in [-0.3, -0.25) is 19.8 Å². The number of amides is 2. The fourth-order valence-corrected chi connectivity index (χ4v) is 4.19. The zero-order chi connectivity index (χ0) is 27.2. The summed E-state index contributed by atoms with van der Waals surface area (Å²) in [5, 5.41) is 2.64. The van der Waals surface area contributed by atoms with E-state index < -0.39 is 11.8 Å². The van der Waals surface area contributed by atoms with Crippen molar-refractivity contribution < 1.29 is 28.5 Å². The molecule has 1 saturated heterocycles. The molecule has 0 spiro atoms. The van der Waals surface area contributed by atoms with Gasteiger partial charge in [-0.25, -0.2) is 0 Å². The van der Waals surface area contributed by atoms with Crippen LogP contribution >= 0.6 is 12.2 Å². The summed E-state index contributed by atoms with van der Waals surface area (Å²) in [6.45, 7) is 4.42. The first-order valence-corrected chi connectivity index (χ1v) is 12.3. The maximum Gasteiger partial charge on any atom is 0.270 e. The topological polar surface area (TPSA) is 86.3 Å². The summed E-state index contributed by atoms with van der Waals surface area (Å²) in [7, 11) is 3.19. The van der Waals surface area contributed by atoms with Gasteiger partial charge >= 0.3 is 0 Å². The van der Waals surface area contributed by atoms with Gasteiger partial charge in [0.2, 0.25) is 0 Å². The van der Waals surface area contributed by atoms with Crippen LogP contribution in [0, 0.1) is 6.92 Å². The van der Waals surface area contributed by atoms with Crippen molar-refractivity contribution in [1.82, 2.24) is 5.32 Å². The standard InChI is InChI=1S/C29H28N2O6S/c1-5-36-26-15-19(8-12-25(26)37-17-20-16-22(34-3)11-13-24(20)35-4)14-23-27(32)30-29(38)31(28(23)33)21-9-6-18(2)7-10-21/h6-16H,5,17H2,1-4H3,(H,30,32,38)/b23-14+. The van der Waals surface area contributed by atoms with Crippen LogP contribution in [0.1, 0.15) is 23.6 Å². The largest absolute Gasteiger partial charge is 0.497 e. The molecule has 0 aliphatic carbocycles. The van der Waals surface area contributed by atoms with Gasteiger partial charge in [0, 0.05) is 5.56 Å². The Hall–Kier alpha value is -4.37. The highest BCUT2D eigenvalue weighted by molar-refractivity contribution is 7.80. The maximum absolute atomic E-state index is 13.3. The third kappa shape index (κ3) is 5.78. The molecule has 9 heteroatoms. The Morgan fingerprint density at radius 1 is 0.895 bits per heavy atom. The van der Waals surface area contributed by atoms with E-state index in [1.54, 1.807) is 44.6 Å². The van der Waals surface area contributed by atoms with Gasteiger partial charge < -0.3 is 18.9 Å². The first-order valence-electron chi connectivity index (χ1n) is 11.9. The second kappa shape index (κ2) is 11.8. The Labute approximate surface area is 226 Å². The molecule has 38 heavy (non-hydrogen) atoms. The minimum Gasteiger partial charge on any atom is -0.497 e. The molecule has 4 rings (SSSR count). The monoisotopic (exact) mass is 532 g/mol. The lowest BCUT2D eigenvalue weighted by molar-refractivity contribution is -0.122. The molecule has 2 amide bonds. The number of nitrogens with zero attached hydrogens (tertiary/aromatic N) is 1. The van der Waals surface area contributed by atoms with Crippen LogP contribution in [-0.4, -0.2) is 37.8 Å². The molecule has 8 nitrogen and oxygen atoms in total. The van der Waals surface area contributed by atoms with Crippen LogP contribution < -0.4 is 29.2 Å². The number of hydrogen-bond acceptors (Lipinski definition) is 7. The Kier molecular flexibility index (Phi) is 8.28. The van der Waals surface area contributed by atoms with E-state index in [1.165, 1.54) is 11.0 Å². The van der Waals surface area contributed by atoms with E-state index >= 15 is 0 Å². The van der Waals surface area contributed by atoms with Crippen LogP contribution in [0.25, 0.3) is 6.08 Å². The number of hydrogen-bond donors (Lipinski definition) is 1. The van der Waals surface area contributed by atoms with Crippen molar-refractivity contribution in [3.05, 3.63) is 82.9 Å². The Morgan fingerprint density at radius 3 is 2.32 bits per heavy atom. The third-order valence-electron chi connectivity index (χ3n) is 5.84. The number of carbonyl (C=O) groups is 2. The fraction of sp³-hybridized carbons (Fsp3) is 0.207. The smallest absolute Gasteiger partial charge is 0.270 e. The number of thiocarbonyl (C=S) groups is 1. The average molecular weight is 533 g/mol. The summed E-state index contributed by atoms with van der Waals surface area (Å²) < 4.78 is 22.6. The summed E-state index contributed by atoms with van der Waals surface area (Å²) in [4.78, 5) is 27.3. The zero-order valence-corrected chi connectivity index (χ0v) is 22.4. The van der Waals surface area contributed by atoms with Crippen LogP contribution in [0.15, 0.2) is 66.2 Å².